The van der Waals surface area contributed by atoms with Crippen molar-refractivity contribution in [2.24, 2.45) is 5.73 Å². The minimum Gasteiger partial charge on any atom is -0.493 e. The fourth-order valence-corrected chi connectivity index (χ4v) is 1.69. The largest absolute Gasteiger partial charge is 0.493 e. The molecule has 0 saturated heterocycles. The molecule has 0 aliphatic heterocycles. The lowest BCUT2D eigenvalue weighted by molar-refractivity contribution is 0.286. The first-order valence-electron chi connectivity index (χ1n) is 6.31. The Labute approximate surface area is 104 Å². The highest BCUT2D eigenvalue weighted by Crippen LogP contribution is 2.28. The van der Waals surface area contributed by atoms with E-state index in [-0.39, 0.29) is 0 Å². The first-order valence-corrected chi connectivity index (χ1v) is 6.31. The quantitative estimate of drug-likeness (QED) is 0.707. The second kappa shape index (κ2) is 7.96. The molecular weight excluding hydrogens is 214 g/mol. The highest BCUT2D eigenvalue weighted by molar-refractivity contribution is 5.43. The number of ether oxygens (including phenoxy) is 2. The van der Waals surface area contributed by atoms with Crippen molar-refractivity contribution in [2.45, 2.75) is 32.6 Å². The maximum absolute atomic E-state index is 5.71. The maximum Gasteiger partial charge on any atom is 0.161 e. The summed E-state index contributed by atoms with van der Waals surface area (Å²) in [5.74, 6) is 1.62. The van der Waals surface area contributed by atoms with E-state index >= 15 is 0 Å². The summed E-state index contributed by atoms with van der Waals surface area (Å²) >= 11 is 0. The second-order valence-corrected chi connectivity index (χ2v) is 4.08. The van der Waals surface area contributed by atoms with Crippen molar-refractivity contribution in [3.63, 3.8) is 0 Å². The van der Waals surface area contributed by atoms with Gasteiger partial charge in [0.15, 0.2) is 11.5 Å². The first-order chi connectivity index (χ1) is 8.31. The zero-order valence-electron chi connectivity index (χ0n) is 10.9. The second-order valence-electron chi connectivity index (χ2n) is 4.08. The monoisotopic (exact) mass is 237 g/mol. The van der Waals surface area contributed by atoms with Gasteiger partial charge < -0.3 is 15.2 Å². The summed E-state index contributed by atoms with van der Waals surface area (Å²) in [5, 5.41) is 0. The lowest BCUT2D eigenvalue weighted by atomic mass is 10.1. The number of hydrogen-bond acceptors (Lipinski definition) is 3. The molecule has 0 atom stereocenters. The Kier molecular flexibility index (Phi) is 6.48. The summed E-state index contributed by atoms with van der Waals surface area (Å²) in [7, 11) is 1.67. The van der Waals surface area contributed by atoms with Gasteiger partial charge >= 0.3 is 0 Å². The molecule has 1 aromatic carbocycles. The molecule has 3 heteroatoms. The van der Waals surface area contributed by atoms with Crippen molar-refractivity contribution in [1.29, 1.82) is 0 Å². The normalized spacial score (nSPS) is 10.3. The van der Waals surface area contributed by atoms with Gasteiger partial charge in [-0.3, -0.25) is 0 Å². The van der Waals surface area contributed by atoms with Crippen molar-refractivity contribution in [2.75, 3.05) is 20.3 Å². The van der Waals surface area contributed by atoms with Gasteiger partial charge in [-0.2, -0.15) is 0 Å². The number of nitrogens with two attached hydrogens (primary N) is 1. The standard InChI is InChI=1S/C14H23NO2/c1-3-4-5-10-17-13-7-6-12(8-9-15)11-14(13)16-2/h6-7,11H,3-5,8-10,15H2,1-2H3. The number of hydrogen-bond donors (Lipinski definition) is 1. The highest BCUT2D eigenvalue weighted by Gasteiger charge is 2.05. The van der Waals surface area contributed by atoms with E-state index in [1.165, 1.54) is 18.4 Å². The summed E-state index contributed by atoms with van der Waals surface area (Å²) in [4.78, 5) is 0. The van der Waals surface area contributed by atoms with Crippen LogP contribution in [0.15, 0.2) is 18.2 Å². The van der Waals surface area contributed by atoms with Crippen molar-refractivity contribution < 1.29 is 9.47 Å². The van der Waals surface area contributed by atoms with Gasteiger partial charge in [-0.25, -0.2) is 0 Å². The van der Waals surface area contributed by atoms with Crippen LogP contribution < -0.4 is 15.2 Å². The average Bonchev–Trinajstić information content (AvgIpc) is 2.36. The smallest absolute Gasteiger partial charge is 0.161 e. The molecule has 0 aliphatic rings. The number of rotatable bonds is 8. The number of benzene rings is 1. The minimum atomic E-state index is 0.653. The Morgan fingerprint density at radius 2 is 2.00 bits per heavy atom. The molecule has 0 heterocycles. The number of unbranched alkanes of at least 4 members (excludes halogenated alkanes) is 2. The lowest BCUT2D eigenvalue weighted by Crippen LogP contribution is -2.04. The molecular formula is C14H23NO2. The van der Waals surface area contributed by atoms with E-state index in [2.05, 4.69) is 6.92 Å². The van der Waals surface area contributed by atoms with Crippen LogP contribution in [0.5, 0.6) is 11.5 Å². The molecule has 0 bridgehead atoms. The Hall–Kier alpha value is -1.22. The van der Waals surface area contributed by atoms with Gasteiger partial charge in [0.05, 0.1) is 13.7 Å². The third kappa shape index (κ3) is 4.65. The molecule has 1 rings (SSSR count). The zero-order chi connectivity index (χ0) is 12.5. The summed E-state index contributed by atoms with van der Waals surface area (Å²) in [5.41, 5.74) is 6.72. The van der Waals surface area contributed by atoms with Crippen LogP contribution in [0.4, 0.5) is 0 Å². The van der Waals surface area contributed by atoms with Crippen LogP contribution in [-0.4, -0.2) is 20.3 Å². The van der Waals surface area contributed by atoms with Crippen molar-refractivity contribution in [1.82, 2.24) is 0 Å². The lowest BCUT2D eigenvalue weighted by Gasteiger charge is -2.11. The van der Waals surface area contributed by atoms with Gasteiger partial charge in [-0.05, 0) is 37.1 Å². The van der Waals surface area contributed by atoms with E-state index < -0.39 is 0 Å². The Morgan fingerprint density at radius 3 is 2.65 bits per heavy atom. The van der Waals surface area contributed by atoms with Crippen LogP contribution in [0.1, 0.15) is 31.7 Å². The molecule has 0 aromatic heterocycles. The van der Waals surface area contributed by atoms with Crippen LogP contribution in [0.2, 0.25) is 0 Å². The fraction of sp³-hybridized carbons (Fsp3) is 0.571. The van der Waals surface area contributed by atoms with Gasteiger partial charge in [0.2, 0.25) is 0 Å². The van der Waals surface area contributed by atoms with Crippen molar-refractivity contribution in [3.05, 3.63) is 23.8 Å². The third-order valence-electron chi connectivity index (χ3n) is 2.67. The molecule has 0 amide bonds. The summed E-state index contributed by atoms with van der Waals surface area (Å²) in [6.45, 7) is 3.59. The van der Waals surface area contributed by atoms with E-state index in [9.17, 15) is 0 Å². The Bertz CT molecular complexity index is 326. The van der Waals surface area contributed by atoms with E-state index in [0.29, 0.717) is 6.54 Å². The van der Waals surface area contributed by atoms with E-state index in [0.717, 1.165) is 30.9 Å². The number of methoxy groups -OCH3 is 1. The average molecular weight is 237 g/mol. The molecule has 96 valence electrons. The molecule has 0 saturated carbocycles. The summed E-state index contributed by atoms with van der Waals surface area (Å²) in [6, 6.07) is 6.02. The van der Waals surface area contributed by atoms with Crippen LogP contribution in [0.25, 0.3) is 0 Å². The summed E-state index contributed by atoms with van der Waals surface area (Å²) in [6.07, 6.45) is 4.36. The van der Waals surface area contributed by atoms with Gasteiger partial charge in [0, 0.05) is 0 Å². The predicted molar refractivity (Wildman–Crippen MR) is 70.8 cm³/mol. The topological polar surface area (TPSA) is 44.5 Å². The molecule has 0 spiro atoms. The molecule has 0 radical (unpaired) electrons. The van der Waals surface area contributed by atoms with Crippen molar-refractivity contribution in [3.8, 4) is 11.5 Å². The third-order valence-corrected chi connectivity index (χ3v) is 2.67. The Balaban J connectivity index is 2.58. The SMILES string of the molecule is CCCCCOc1ccc(CCN)cc1OC. The fourth-order valence-electron chi connectivity index (χ4n) is 1.69. The van der Waals surface area contributed by atoms with Gasteiger partial charge in [0.1, 0.15) is 0 Å². The zero-order valence-corrected chi connectivity index (χ0v) is 10.9. The predicted octanol–water partition coefficient (Wildman–Crippen LogP) is 2.77. The molecule has 0 fully saturated rings. The molecule has 1 aromatic rings. The molecule has 17 heavy (non-hydrogen) atoms. The van der Waals surface area contributed by atoms with E-state index in [4.69, 9.17) is 15.2 Å². The van der Waals surface area contributed by atoms with Crippen LogP contribution in [-0.2, 0) is 6.42 Å². The van der Waals surface area contributed by atoms with Crippen LogP contribution in [0.3, 0.4) is 0 Å². The molecule has 0 unspecified atom stereocenters. The molecule has 2 N–H and O–H groups in total. The minimum absolute atomic E-state index is 0.653. The van der Waals surface area contributed by atoms with Gasteiger partial charge in [-0.1, -0.05) is 25.8 Å². The van der Waals surface area contributed by atoms with Crippen molar-refractivity contribution >= 4 is 0 Å². The molecule has 3 nitrogen and oxygen atoms in total. The van der Waals surface area contributed by atoms with E-state index in [1.54, 1.807) is 7.11 Å². The van der Waals surface area contributed by atoms with E-state index in [1.807, 2.05) is 18.2 Å². The van der Waals surface area contributed by atoms with Gasteiger partial charge in [-0.15, -0.1) is 0 Å². The van der Waals surface area contributed by atoms with Crippen LogP contribution in [0, 0.1) is 0 Å². The van der Waals surface area contributed by atoms with Gasteiger partial charge in [0.25, 0.3) is 0 Å². The Morgan fingerprint density at radius 1 is 1.18 bits per heavy atom. The highest BCUT2D eigenvalue weighted by atomic mass is 16.5. The summed E-state index contributed by atoms with van der Waals surface area (Å²) < 4.78 is 11.0. The van der Waals surface area contributed by atoms with Crippen LogP contribution >= 0.6 is 0 Å². The maximum atomic E-state index is 5.71. The first kappa shape index (κ1) is 13.8. The molecule has 0 aliphatic carbocycles.